The number of aliphatic hydroxyl groups excluding tert-OH is 1. The molecule has 0 saturated heterocycles. The van der Waals surface area contributed by atoms with E-state index in [9.17, 15) is 18.3 Å². The zero-order valence-electron chi connectivity index (χ0n) is 18.8. The Balaban J connectivity index is 1.73. The largest absolute Gasteiger partial charge is 0.396 e. The molecule has 0 amide bonds. The monoisotopic (exact) mass is 479 g/mol. The molecule has 1 aromatic carbocycles. The Hall–Kier alpha value is -2.46. The molecule has 0 unspecified atom stereocenters. The van der Waals surface area contributed by atoms with Crippen molar-refractivity contribution in [3.8, 4) is 10.6 Å². The minimum atomic E-state index is -4.25. The van der Waals surface area contributed by atoms with Gasteiger partial charge in [0.15, 0.2) is 0 Å². The second kappa shape index (κ2) is 9.06. The van der Waals surface area contributed by atoms with Crippen molar-refractivity contribution in [1.82, 2.24) is 15.0 Å². The van der Waals surface area contributed by atoms with Crippen LogP contribution in [0.25, 0.3) is 20.8 Å². The fourth-order valence-corrected chi connectivity index (χ4v) is 5.54. The number of rotatable bonds is 7. The zero-order valence-corrected chi connectivity index (χ0v) is 19.6. The lowest BCUT2D eigenvalue weighted by Crippen LogP contribution is -2.40. The van der Waals surface area contributed by atoms with Crippen LogP contribution in [0.4, 0.5) is 24.9 Å². The molecule has 1 fully saturated rings. The maximum absolute atomic E-state index is 12.6. The van der Waals surface area contributed by atoms with E-state index in [0.29, 0.717) is 11.5 Å². The normalized spacial score (nSPS) is 23.2. The van der Waals surface area contributed by atoms with Crippen molar-refractivity contribution < 1.29 is 18.3 Å². The van der Waals surface area contributed by atoms with E-state index in [1.807, 2.05) is 31.2 Å². The summed E-state index contributed by atoms with van der Waals surface area (Å²) < 4.78 is 38.9. The summed E-state index contributed by atoms with van der Waals surface area (Å²) in [5.41, 5.74) is 1.92. The van der Waals surface area contributed by atoms with E-state index < -0.39 is 12.6 Å². The van der Waals surface area contributed by atoms with Crippen molar-refractivity contribution in [3.05, 3.63) is 30.0 Å². The van der Waals surface area contributed by atoms with E-state index in [1.54, 1.807) is 0 Å². The second-order valence-corrected chi connectivity index (χ2v) is 9.98. The highest BCUT2D eigenvalue weighted by molar-refractivity contribution is 7.21. The number of benzene rings is 1. The van der Waals surface area contributed by atoms with Crippen LogP contribution in [0.5, 0.6) is 0 Å². The van der Waals surface area contributed by atoms with Crippen LogP contribution >= 0.6 is 11.3 Å². The number of hydrogen-bond acceptors (Lipinski definition) is 7. The number of thiazole rings is 1. The van der Waals surface area contributed by atoms with Gasteiger partial charge in [-0.25, -0.2) is 9.97 Å². The van der Waals surface area contributed by atoms with E-state index in [2.05, 4.69) is 34.4 Å². The zero-order chi connectivity index (χ0) is 23.8. The molecular weight excluding hydrogens is 451 g/mol. The highest BCUT2D eigenvalue weighted by Crippen LogP contribution is 2.44. The van der Waals surface area contributed by atoms with Crippen LogP contribution in [-0.4, -0.2) is 44.9 Å². The Labute approximate surface area is 194 Å². The van der Waals surface area contributed by atoms with Crippen LogP contribution in [0.1, 0.15) is 38.8 Å². The Morgan fingerprint density at radius 1 is 1.21 bits per heavy atom. The topological polar surface area (TPSA) is 83.0 Å². The fraction of sp³-hybridized carbons (Fsp3) is 0.522. The number of nitrogens with one attached hydrogen (secondary N) is 2. The molecule has 6 nitrogen and oxygen atoms in total. The van der Waals surface area contributed by atoms with Crippen LogP contribution < -0.4 is 10.6 Å². The van der Waals surface area contributed by atoms with Crippen LogP contribution in [0.3, 0.4) is 0 Å². The van der Waals surface area contributed by atoms with Gasteiger partial charge in [-0.15, -0.1) is 11.3 Å². The summed E-state index contributed by atoms with van der Waals surface area (Å²) in [5, 5.41) is 16.8. The van der Waals surface area contributed by atoms with E-state index in [4.69, 9.17) is 4.98 Å². The number of fused-ring (bicyclic) bond motifs is 1. The number of aryl methyl sites for hydroxylation is 1. The number of hydrogen-bond donors (Lipinski definition) is 3. The molecule has 3 atom stereocenters. The first kappa shape index (κ1) is 23.7. The first-order valence-corrected chi connectivity index (χ1v) is 11.9. The SMILES string of the molecule is Cc1nc(NCCC(F)(F)F)nc(N[C@@]2(C)CC[C@H](CO)[C@H]2C)c1-c1nc2ccccc2s1. The van der Waals surface area contributed by atoms with Crippen molar-refractivity contribution >= 4 is 33.3 Å². The third kappa shape index (κ3) is 5.06. The van der Waals surface area contributed by atoms with E-state index in [-0.39, 0.29) is 36.5 Å². The lowest BCUT2D eigenvalue weighted by Gasteiger charge is -2.34. The molecule has 2 heterocycles. The number of alkyl halides is 3. The Morgan fingerprint density at radius 3 is 2.64 bits per heavy atom. The van der Waals surface area contributed by atoms with Crippen LogP contribution in [0.15, 0.2) is 24.3 Å². The van der Waals surface area contributed by atoms with Gasteiger partial charge >= 0.3 is 6.18 Å². The summed E-state index contributed by atoms with van der Waals surface area (Å²) in [6, 6.07) is 7.83. The van der Waals surface area contributed by atoms with Crippen LogP contribution in [0, 0.1) is 18.8 Å². The summed E-state index contributed by atoms with van der Waals surface area (Å²) in [7, 11) is 0. The number of aromatic nitrogens is 3. The summed E-state index contributed by atoms with van der Waals surface area (Å²) in [5.74, 6) is 1.06. The number of nitrogens with zero attached hydrogens (tertiary/aromatic N) is 3. The molecule has 33 heavy (non-hydrogen) atoms. The first-order valence-electron chi connectivity index (χ1n) is 11.0. The molecule has 1 aliphatic rings. The van der Waals surface area contributed by atoms with E-state index in [0.717, 1.165) is 33.6 Å². The quantitative estimate of drug-likeness (QED) is 0.407. The molecule has 2 aromatic heterocycles. The average molecular weight is 480 g/mol. The molecule has 4 rings (SSSR count). The van der Waals surface area contributed by atoms with Gasteiger partial charge in [0.25, 0.3) is 0 Å². The van der Waals surface area contributed by atoms with Gasteiger partial charge in [0, 0.05) is 18.7 Å². The van der Waals surface area contributed by atoms with E-state index in [1.165, 1.54) is 11.3 Å². The Morgan fingerprint density at radius 2 is 1.97 bits per heavy atom. The third-order valence-electron chi connectivity index (χ3n) is 6.67. The van der Waals surface area contributed by atoms with Gasteiger partial charge in [0.1, 0.15) is 10.8 Å². The Bertz CT molecular complexity index is 1100. The molecule has 0 radical (unpaired) electrons. The highest BCUT2D eigenvalue weighted by atomic mass is 32.1. The molecule has 1 aliphatic carbocycles. The van der Waals surface area contributed by atoms with Crippen LogP contribution in [0.2, 0.25) is 0 Å². The second-order valence-electron chi connectivity index (χ2n) is 8.95. The van der Waals surface area contributed by atoms with Gasteiger partial charge in [0.05, 0.1) is 27.9 Å². The van der Waals surface area contributed by atoms with Gasteiger partial charge in [-0.05, 0) is 50.7 Å². The number of para-hydroxylation sites is 1. The Kier molecular flexibility index (Phi) is 6.50. The summed E-state index contributed by atoms with van der Waals surface area (Å²) in [6.07, 6.45) is -3.49. The summed E-state index contributed by atoms with van der Waals surface area (Å²) >= 11 is 1.53. The van der Waals surface area contributed by atoms with Gasteiger partial charge < -0.3 is 15.7 Å². The summed E-state index contributed by atoms with van der Waals surface area (Å²) in [4.78, 5) is 13.8. The summed E-state index contributed by atoms with van der Waals surface area (Å²) in [6.45, 7) is 5.85. The van der Waals surface area contributed by atoms with Crippen LogP contribution in [-0.2, 0) is 0 Å². The lowest BCUT2D eigenvalue weighted by atomic mass is 9.86. The van der Waals surface area contributed by atoms with Gasteiger partial charge in [0.2, 0.25) is 5.95 Å². The molecule has 3 N–H and O–H groups in total. The van der Waals surface area contributed by atoms with Crippen molar-refractivity contribution in [1.29, 1.82) is 0 Å². The minimum Gasteiger partial charge on any atom is -0.396 e. The highest BCUT2D eigenvalue weighted by Gasteiger charge is 2.43. The maximum atomic E-state index is 12.6. The smallest absolute Gasteiger partial charge is 0.390 e. The number of aliphatic hydroxyl groups is 1. The van der Waals surface area contributed by atoms with Crippen molar-refractivity contribution in [2.45, 2.75) is 51.7 Å². The molecule has 0 bridgehead atoms. The van der Waals surface area contributed by atoms with Crippen molar-refractivity contribution in [2.75, 3.05) is 23.8 Å². The molecule has 10 heteroatoms. The number of halogens is 3. The molecule has 0 spiro atoms. The first-order chi connectivity index (χ1) is 15.6. The van der Waals surface area contributed by atoms with E-state index >= 15 is 0 Å². The minimum absolute atomic E-state index is 0.121. The molecule has 0 aliphatic heterocycles. The number of anilines is 2. The van der Waals surface area contributed by atoms with Gasteiger partial charge in [-0.2, -0.15) is 18.2 Å². The average Bonchev–Trinajstić information content (AvgIpc) is 3.27. The molecule has 1 saturated carbocycles. The van der Waals surface area contributed by atoms with Crippen molar-refractivity contribution in [2.24, 2.45) is 11.8 Å². The maximum Gasteiger partial charge on any atom is 0.390 e. The van der Waals surface area contributed by atoms with Gasteiger partial charge in [-0.3, -0.25) is 0 Å². The predicted molar refractivity (Wildman–Crippen MR) is 126 cm³/mol. The predicted octanol–water partition coefficient (Wildman–Crippen LogP) is 5.64. The molecule has 178 valence electrons. The molecular formula is C23H28F3N5OS. The molecule has 3 aromatic rings. The fourth-order valence-electron chi connectivity index (χ4n) is 4.47. The van der Waals surface area contributed by atoms with Gasteiger partial charge in [-0.1, -0.05) is 19.1 Å². The van der Waals surface area contributed by atoms with Crippen molar-refractivity contribution in [3.63, 3.8) is 0 Å². The third-order valence-corrected chi connectivity index (χ3v) is 7.73. The lowest BCUT2D eigenvalue weighted by molar-refractivity contribution is -0.131. The standard InChI is InChI=1S/C23H28F3N5OS/c1-13-15(12-32)8-9-22(13,3)31-19-18(20-29-16-6-4-5-7-17(16)33-20)14(2)28-21(30-19)27-11-10-23(24,25)26/h4-7,13,15,32H,8-12H2,1-3H3,(H2,27,28,30,31)/t13-,15-,22+/m1/s1.